The Balaban J connectivity index is 2.26. The van der Waals surface area contributed by atoms with Crippen molar-refractivity contribution in [3.05, 3.63) is 41.7 Å². The number of nitrogens with zero attached hydrogens (tertiary/aromatic N) is 1. The number of sulfonamides is 1. The molecule has 1 heterocycles. The Morgan fingerprint density at radius 2 is 2.00 bits per heavy atom. The minimum Gasteiger partial charge on any atom is -0.389 e. The average molecular weight is 296 g/mol. The molecule has 0 spiro atoms. The Bertz CT molecular complexity index is 705. The summed E-state index contributed by atoms with van der Waals surface area (Å²) in [4.78, 5) is 0.381. The van der Waals surface area contributed by atoms with E-state index >= 15 is 0 Å². The third kappa shape index (κ3) is 2.91. The lowest BCUT2D eigenvalue weighted by Crippen LogP contribution is -2.14. The van der Waals surface area contributed by atoms with E-state index in [0.717, 1.165) is 0 Å². The van der Waals surface area contributed by atoms with Crippen LogP contribution in [0.4, 0.5) is 5.69 Å². The summed E-state index contributed by atoms with van der Waals surface area (Å²) in [6.07, 6.45) is 1.26. The second-order valence-corrected chi connectivity index (χ2v) is 6.00. The summed E-state index contributed by atoms with van der Waals surface area (Å²) in [5.41, 5.74) is 7.06. The first-order valence-corrected chi connectivity index (χ1v) is 7.22. The van der Waals surface area contributed by atoms with Crippen molar-refractivity contribution in [2.24, 2.45) is 5.73 Å². The molecule has 0 radical (unpaired) electrons. The van der Waals surface area contributed by atoms with Gasteiger partial charge in [0.2, 0.25) is 0 Å². The molecule has 2 aromatic rings. The summed E-state index contributed by atoms with van der Waals surface area (Å²) in [6, 6.07) is 6.51. The molecule has 8 heteroatoms. The second kappa shape index (κ2) is 4.98. The number of thiocarbonyl (C=S) groups is 1. The molecule has 2 rings (SSSR count). The summed E-state index contributed by atoms with van der Waals surface area (Å²) in [5, 5.41) is 6.27. The van der Waals surface area contributed by atoms with Crippen LogP contribution in [0.1, 0.15) is 11.3 Å². The smallest absolute Gasteiger partial charge is 0.265 e. The first kappa shape index (κ1) is 13.5. The lowest BCUT2D eigenvalue weighted by Gasteiger charge is -2.07. The molecule has 0 aliphatic rings. The van der Waals surface area contributed by atoms with E-state index in [1.807, 2.05) is 0 Å². The van der Waals surface area contributed by atoms with Crippen molar-refractivity contribution < 1.29 is 8.42 Å². The minimum atomic E-state index is -3.64. The number of anilines is 1. The quantitative estimate of drug-likeness (QED) is 0.735. The standard InChI is InChI=1S/C11H12N4O2S2/c1-7-10(6-13-14-7)19(16,17)15-9-4-2-8(3-5-9)11(12)18/h2-6,15H,1H3,(H2,12,18)(H,13,14). The zero-order valence-electron chi connectivity index (χ0n) is 10.0. The van der Waals surface area contributed by atoms with Crippen molar-refractivity contribution in [1.29, 1.82) is 0 Å². The molecule has 6 nitrogen and oxygen atoms in total. The molecule has 0 amide bonds. The molecule has 0 aliphatic carbocycles. The van der Waals surface area contributed by atoms with Crippen LogP contribution in [0, 0.1) is 6.92 Å². The monoisotopic (exact) mass is 296 g/mol. The molecule has 100 valence electrons. The van der Waals surface area contributed by atoms with Crippen molar-refractivity contribution in [2.45, 2.75) is 11.8 Å². The summed E-state index contributed by atoms with van der Waals surface area (Å²) < 4.78 is 26.6. The maximum absolute atomic E-state index is 12.1. The minimum absolute atomic E-state index is 0.117. The van der Waals surface area contributed by atoms with E-state index in [0.29, 0.717) is 16.9 Å². The first-order valence-electron chi connectivity index (χ1n) is 5.33. The molecule has 0 atom stereocenters. The zero-order valence-corrected chi connectivity index (χ0v) is 11.7. The first-order chi connectivity index (χ1) is 8.90. The van der Waals surface area contributed by atoms with Gasteiger partial charge in [0.1, 0.15) is 9.88 Å². The van der Waals surface area contributed by atoms with Crippen LogP contribution in [0.25, 0.3) is 0 Å². The fraction of sp³-hybridized carbons (Fsp3) is 0.0909. The number of aryl methyl sites for hydroxylation is 1. The van der Waals surface area contributed by atoms with Crippen LogP contribution in [0.2, 0.25) is 0 Å². The number of aromatic nitrogens is 2. The van der Waals surface area contributed by atoms with Gasteiger partial charge in [0.25, 0.3) is 10.0 Å². The highest BCUT2D eigenvalue weighted by Gasteiger charge is 2.18. The van der Waals surface area contributed by atoms with Gasteiger partial charge in [-0.1, -0.05) is 12.2 Å². The number of nitrogens with one attached hydrogen (secondary N) is 2. The summed E-state index contributed by atoms with van der Waals surface area (Å²) in [7, 11) is -3.64. The largest absolute Gasteiger partial charge is 0.389 e. The lowest BCUT2D eigenvalue weighted by molar-refractivity contribution is 0.600. The van der Waals surface area contributed by atoms with Gasteiger partial charge >= 0.3 is 0 Å². The van der Waals surface area contributed by atoms with Gasteiger partial charge in [-0.05, 0) is 31.2 Å². The molecule has 1 aromatic heterocycles. The molecular formula is C11H12N4O2S2. The molecule has 0 saturated carbocycles. The van der Waals surface area contributed by atoms with Gasteiger partial charge in [0.15, 0.2) is 0 Å². The topological polar surface area (TPSA) is 101 Å². The maximum Gasteiger partial charge on any atom is 0.265 e. The number of aromatic amines is 1. The number of hydrogen-bond acceptors (Lipinski definition) is 4. The van der Waals surface area contributed by atoms with Crippen LogP contribution < -0.4 is 10.5 Å². The van der Waals surface area contributed by atoms with Crippen LogP contribution in [0.3, 0.4) is 0 Å². The SMILES string of the molecule is Cc1[nH]ncc1S(=O)(=O)Nc1ccc(C(N)=S)cc1. The van der Waals surface area contributed by atoms with E-state index in [1.54, 1.807) is 31.2 Å². The van der Waals surface area contributed by atoms with E-state index < -0.39 is 10.0 Å². The van der Waals surface area contributed by atoms with Gasteiger partial charge < -0.3 is 5.73 Å². The van der Waals surface area contributed by atoms with Gasteiger partial charge in [0, 0.05) is 11.3 Å². The number of hydrogen-bond donors (Lipinski definition) is 3. The lowest BCUT2D eigenvalue weighted by atomic mass is 10.2. The number of H-pyrrole nitrogens is 1. The molecule has 0 aliphatic heterocycles. The molecule has 0 unspecified atom stereocenters. The Labute approximate surface area is 116 Å². The van der Waals surface area contributed by atoms with E-state index in [2.05, 4.69) is 14.9 Å². The third-order valence-electron chi connectivity index (χ3n) is 2.49. The average Bonchev–Trinajstić information content (AvgIpc) is 2.76. The number of benzene rings is 1. The van der Waals surface area contributed by atoms with E-state index in [1.165, 1.54) is 6.20 Å². The molecule has 0 saturated heterocycles. The molecule has 0 fully saturated rings. The highest BCUT2D eigenvalue weighted by Crippen LogP contribution is 2.17. The maximum atomic E-state index is 12.1. The summed E-state index contributed by atoms with van der Waals surface area (Å²) >= 11 is 4.82. The molecular weight excluding hydrogens is 284 g/mol. The van der Waals surface area contributed by atoms with Crippen molar-refractivity contribution in [2.75, 3.05) is 4.72 Å². The molecule has 19 heavy (non-hydrogen) atoms. The van der Waals surface area contributed by atoms with Gasteiger partial charge in [-0.25, -0.2) is 8.42 Å². The Hall–Kier alpha value is -1.93. The van der Waals surface area contributed by atoms with Crippen LogP contribution in [0.5, 0.6) is 0 Å². The van der Waals surface area contributed by atoms with Gasteiger partial charge in [-0.15, -0.1) is 0 Å². The van der Waals surface area contributed by atoms with E-state index in [-0.39, 0.29) is 9.88 Å². The van der Waals surface area contributed by atoms with Gasteiger partial charge in [-0.2, -0.15) is 5.10 Å². The Kier molecular flexibility index (Phi) is 3.54. The summed E-state index contributed by atoms with van der Waals surface area (Å²) in [6.45, 7) is 1.64. The van der Waals surface area contributed by atoms with Crippen LogP contribution in [0.15, 0.2) is 35.4 Å². The highest BCUT2D eigenvalue weighted by molar-refractivity contribution is 7.92. The van der Waals surface area contributed by atoms with Crippen molar-refractivity contribution >= 4 is 32.9 Å². The fourth-order valence-electron chi connectivity index (χ4n) is 1.52. The highest BCUT2D eigenvalue weighted by atomic mass is 32.2. The van der Waals surface area contributed by atoms with Crippen molar-refractivity contribution in [3.63, 3.8) is 0 Å². The number of rotatable bonds is 4. The predicted octanol–water partition coefficient (Wildman–Crippen LogP) is 1.15. The van der Waals surface area contributed by atoms with Crippen LogP contribution >= 0.6 is 12.2 Å². The van der Waals surface area contributed by atoms with Gasteiger partial charge in [-0.3, -0.25) is 9.82 Å². The molecule has 1 aromatic carbocycles. The molecule has 4 N–H and O–H groups in total. The van der Waals surface area contributed by atoms with Crippen molar-refractivity contribution in [1.82, 2.24) is 10.2 Å². The third-order valence-corrected chi connectivity index (χ3v) is 4.23. The van der Waals surface area contributed by atoms with Crippen LogP contribution in [-0.4, -0.2) is 23.6 Å². The van der Waals surface area contributed by atoms with Crippen molar-refractivity contribution in [3.8, 4) is 0 Å². The van der Waals surface area contributed by atoms with Gasteiger partial charge in [0.05, 0.1) is 11.9 Å². The fourth-order valence-corrected chi connectivity index (χ4v) is 2.86. The Morgan fingerprint density at radius 3 is 2.47 bits per heavy atom. The molecule has 0 bridgehead atoms. The van der Waals surface area contributed by atoms with E-state index in [4.69, 9.17) is 18.0 Å². The van der Waals surface area contributed by atoms with E-state index in [9.17, 15) is 8.42 Å². The predicted molar refractivity (Wildman–Crippen MR) is 76.5 cm³/mol. The van der Waals surface area contributed by atoms with Crippen LogP contribution in [-0.2, 0) is 10.0 Å². The zero-order chi connectivity index (χ0) is 14.0. The Morgan fingerprint density at radius 1 is 1.37 bits per heavy atom. The second-order valence-electron chi connectivity index (χ2n) is 3.91. The normalized spacial score (nSPS) is 11.2. The summed E-state index contributed by atoms with van der Waals surface area (Å²) in [5.74, 6) is 0. The number of nitrogens with two attached hydrogens (primary N) is 1.